The van der Waals surface area contributed by atoms with Crippen LogP contribution in [0.2, 0.25) is 0 Å². The SMILES string of the molecule is O=C1[C@@H]2[C@H](ON(c3ccccc3)[C@H]2c2cccc(Br)c2)C(=O)N1c1ccccc1. The Balaban J connectivity index is 1.60. The van der Waals surface area contributed by atoms with E-state index in [0.29, 0.717) is 5.69 Å². The van der Waals surface area contributed by atoms with Crippen LogP contribution in [-0.2, 0) is 14.4 Å². The van der Waals surface area contributed by atoms with Crippen molar-refractivity contribution in [2.24, 2.45) is 5.92 Å². The third-order valence-corrected chi connectivity index (χ3v) is 5.82. The Morgan fingerprint density at radius 3 is 2.07 bits per heavy atom. The van der Waals surface area contributed by atoms with Crippen molar-refractivity contribution in [1.82, 2.24) is 0 Å². The minimum atomic E-state index is -0.855. The average Bonchev–Trinajstić information content (AvgIpc) is 3.26. The fourth-order valence-corrected chi connectivity index (χ4v) is 4.49. The first-order valence-corrected chi connectivity index (χ1v) is 10.1. The van der Waals surface area contributed by atoms with Crippen molar-refractivity contribution in [1.29, 1.82) is 0 Å². The van der Waals surface area contributed by atoms with Gasteiger partial charge in [0.2, 0.25) is 5.91 Å². The summed E-state index contributed by atoms with van der Waals surface area (Å²) in [6.07, 6.45) is -0.855. The molecule has 0 saturated carbocycles. The molecule has 2 heterocycles. The van der Waals surface area contributed by atoms with Crippen LogP contribution in [0.1, 0.15) is 11.6 Å². The van der Waals surface area contributed by atoms with Crippen LogP contribution in [0.15, 0.2) is 89.4 Å². The predicted molar refractivity (Wildman–Crippen MR) is 113 cm³/mol. The number of benzene rings is 3. The zero-order chi connectivity index (χ0) is 20.0. The summed E-state index contributed by atoms with van der Waals surface area (Å²) >= 11 is 3.51. The van der Waals surface area contributed by atoms with Gasteiger partial charge in [0.05, 0.1) is 17.4 Å². The van der Waals surface area contributed by atoms with Crippen molar-refractivity contribution in [3.05, 3.63) is 95.0 Å². The van der Waals surface area contributed by atoms with E-state index in [0.717, 1.165) is 15.7 Å². The summed E-state index contributed by atoms with van der Waals surface area (Å²) in [7, 11) is 0. The number of amides is 2. The van der Waals surface area contributed by atoms with Gasteiger partial charge in [-0.05, 0) is 42.0 Å². The van der Waals surface area contributed by atoms with Crippen LogP contribution >= 0.6 is 15.9 Å². The molecule has 2 aliphatic heterocycles. The van der Waals surface area contributed by atoms with E-state index in [1.54, 1.807) is 17.2 Å². The van der Waals surface area contributed by atoms with E-state index in [1.165, 1.54) is 4.90 Å². The molecule has 3 atom stereocenters. The molecule has 0 bridgehead atoms. The lowest BCUT2D eigenvalue weighted by molar-refractivity contribution is -0.126. The highest BCUT2D eigenvalue weighted by Crippen LogP contribution is 2.47. The Morgan fingerprint density at radius 2 is 1.41 bits per heavy atom. The van der Waals surface area contributed by atoms with Crippen LogP contribution in [0.4, 0.5) is 11.4 Å². The molecule has 0 spiro atoms. The number of hydroxylamine groups is 1. The third-order valence-electron chi connectivity index (χ3n) is 5.33. The molecule has 3 aromatic rings. The molecular weight excluding hydrogens is 432 g/mol. The lowest BCUT2D eigenvalue weighted by Gasteiger charge is -2.28. The minimum absolute atomic E-state index is 0.241. The van der Waals surface area contributed by atoms with Gasteiger partial charge in [-0.25, -0.2) is 9.96 Å². The highest BCUT2D eigenvalue weighted by atomic mass is 79.9. The topological polar surface area (TPSA) is 49.9 Å². The van der Waals surface area contributed by atoms with Crippen LogP contribution in [0.3, 0.4) is 0 Å². The maximum absolute atomic E-state index is 13.4. The first-order valence-electron chi connectivity index (χ1n) is 9.34. The smallest absolute Gasteiger partial charge is 0.266 e. The number of nitrogens with zero attached hydrogens (tertiary/aromatic N) is 2. The molecule has 3 aromatic carbocycles. The molecule has 2 aliphatic rings. The maximum Gasteiger partial charge on any atom is 0.266 e. The zero-order valence-corrected chi connectivity index (χ0v) is 16.9. The molecule has 144 valence electrons. The molecule has 6 heteroatoms. The molecule has 2 fully saturated rings. The van der Waals surface area contributed by atoms with Gasteiger partial charge in [0.15, 0.2) is 6.10 Å². The van der Waals surface area contributed by atoms with Crippen molar-refractivity contribution < 1.29 is 14.4 Å². The average molecular weight is 449 g/mol. The second kappa shape index (κ2) is 7.13. The van der Waals surface area contributed by atoms with Gasteiger partial charge in [-0.3, -0.25) is 14.4 Å². The first kappa shape index (κ1) is 18.1. The van der Waals surface area contributed by atoms with Crippen LogP contribution in [0.5, 0.6) is 0 Å². The molecule has 0 unspecified atom stereocenters. The summed E-state index contributed by atoms with van der Waals surface area (Å²) in [5.41, 5.74) is 2.28. The molecule has 0 radical (unpaired) electrons. The quantitative estimate of drug-likeness (QED) is 0.553. The van der Waals surface area contributed by atoms with Gasteiger partial charge in [-0.1, -0.05) is 64.5 Å². The summed E-state index contributed by atoms with van der Waals surface area (Å²) < 4.78 is 0.906. The van der Waals surface area contributed by atoms with E-state index in [9.17, 15) is 9.59 Å². The van der Waals surface area contributed by atoms with Gasteiger partial charge >= 0.3 is 0 Å². The summed E-state index contributed by atoms with van der Waals surface area (Å²) in [4.78, 5) is 34.0. The molecule has 5 nitrogen and oxygen atoms in total. The van der Waals surface area contributed by atoms with Gasteiger partial charge in [0.25, 0.3) is 5.91 Å². The Kier molecular flexibility index (Phi) is 4.45. The fourth-order valence-electron chi connectivity index (χ4n) is 4.07. The second-order valence-electron chi connectivity index (χ2n) is 7.06. The fraction of sp³-hybridized carbons (Fsp3) is 0.130. The highest BCUT2D eigenvalue weighted by Gasteiger charge is 2.60. The second-order valence-corrected chi connectivity index (χ2v) is 7.98. The Hall–Kier alpha value is -2.96. The summed E-state index contributed by atoms with van der Waals surface area (Å²) in [5, 5.41) is 1.70. The van der Waals surface area contributed by atoms with Crippen molar-refractivity contribution in [2.45, 2.75) is 12.1 Å². The summed E-state index contributed by atoms with van der Waals surface area (Å²) in [6.45, 7) is 0. The van der Waals surface area contributed by atoms with E-state index in [-0.39, 0.29) is 11.8 Å². The van der Waals surface area contributed by atoms with Gasteiger partial charge in [-0.15, -0.1) is 0 Å². The highest BCUT2D eigenvalue weighted by molar-refractivity contribution is 9.10. The van der Waals surface area contributed by atoms with Crippen LogP contribution in [0, 0.1) is 5.92 Å². The van der Waals surface area contributed by atoms with Crippen molar-refractivity contribution in [2.75, 3.05) is 9.96 Å². The molecule has 29 heavy (non-hydrogen) atoms. The molecule has 0 N–H and O–H groups in total. The standard InChI is InChI=1S/C23H17BrN2O3/c24-16-9-7-8-15(14-16)20-19-21(29-26(20)18-12-5-2-6-13-18)23(28)25(22(19)27)17-10-3-1-4-11-17/h1-14,19-21H/t19-,20-,21-/m0/s1. The Morgan fingerprint density at radius 1 is 0.759 bits per heavy atom. The van der Waals surface area contributed by atoms with Gasteiger partial charge in [0.1, 0.15) is 5.92 Å². The van der Waals surface area contributed by atoms with Crippen LogP contribution in [0.25, 0.3) is 0 Å². The number of para-hydroxylation sites is 2. The van der Waals surface area contributed by atoms with E-state index in [2.05, 4.69) is 15.9 Å². The van der Waals surface area contributed by atoms with Crippen LogP contribution in [-0.4, -0.2) is 17.9 Å². The zero-order valence-electron chi connectivity index (χ0n) is 15.3. The number of carbonyl (C=O) groups is 2. The normalized spacial score (nSPS) is 23.6. The lowest BCUT2D eigenvalue weighted by Crippen LogP contribution is -2.37. The number of imide groups is 1. The van der Waals surface area contributed by atoms with Crippen molar-refractivity contribution in [3.8, 4) is 0 Å². The number of anilines is 2. The number of hydrogen-bond donors (Lipinski definition) is 0. The van der Waals surface area contributed by atoms with E-state index >= 15 is 0 Å². The van der Waals surface area contributed by atoms with Crippen molar-refractivity contribution >= 4 is 39.1 Å². The largest absolute Gasteiger partial charge is 0.273 e. The van der Waals surface area contributed by atoms with Gasteiger partial charge in [-0.2, -0.15) is 0 Å². The number of fused-ring (bicyclic) bond motifs is 1. The maximum atomic E-state index is 13.4. The molecule has 2 amide bonds. The van der Waals surface area contributed by atoms with Crippen LogP contribution < -0.4 is 9.96 Å². The summed E-state index contributed by atoms with van der Waals surface area (Å²) in [6, 6.07) is 25.9. The molecule has 0 aliphatic carbocycles. The number of rotatable bonds is 3. The number of halogens is 1. The van der Waals surface area contributed by atoms with E-state index in [1.807, 2.05) is 72.8 Å². The Labute approximate surface area is 176 Å². The number of carbonyl (C=O) groups excluding carboxylic acids is 2. The molecular formula is C23H17BrN2O3. The minimum Gasteiger partial charge on any atom is -0.273 e. The summed E-state index contributed by atoms with van der Waals surface area (Å²) in [5.74, 6) is -1.20. The third kappa shape index (κ3) is 2.96. The van der Waals surface area contributed by atoms with Crippen molar-refractivity contribution in [3.63, 3.8) is 0 Å². The molecule has 0 aromatic heterocycles. The molecule has 2 saturated heterocycles. The van der Waals surface area contributed by atoms with E-state index < -0.39 is 18.1 Å². The molecule has 5 rings (SSSR count). The van der Waals surface area contributed by atoms with Gasteiger partial charge in [0, 0.05) is 4.47 Å². The monoisotopic (exact) mass is 448 g/mol. The first-order chi connectivity index (χ1) is 14.1. The predicted octanol–water partition coefficient (Wildman–Crippen LogP) is 4.50. The van der Waals surface area contributed by atoms with Gasteiger partial charge < -0.3 is 0 Å². The number of hydrogen-bond acceptors (Lipinski definition) is 4. The lowest BCUT2D eigenvalue weighted by atomic mass is 9.90. The Bertz CT molecular complexity index is 1070. The van der Waals surface area contributed by atoms with E-state index in [4.69, 9.17) is 4.84 Å².